The molecule has 1 aliphatic rings. The lowest BCUT2D eigenvalue weighted by molar-refractivity contribution is -0.764. The molecule has 2 aromatic rings. The topological polar surface area (TPSA) is 47.1 Å². The predicted molar refractivity (Wildman–Crippen MR) is 61.1 cm³/mol. The molecule has 0 atom stereocenters. The van der Waals surface area contributed by atoms with Crippen molar-refractivity contribution in [2.24, 2.45) is 0 Å². The lowest BCUT2D eigenvalue weighted by atomic mass is 10.0. The molecule has 0 N–H and O–H groups in total. The van der Waals surface area contributed by atoms with E-state index in [4.69, 9.17) is 4.84 Å². The molecule has 0 bridgehead atoms. The van der Waals surface area contributed by atoms with Crippen LogP contribution in [-0.4, -0.2) is 21.0 Å². The van der Waals surface area contributed by atoms with E-state index < -0.39 is 0 Å². The van der Waals surface area contributed by atoms with Gasteiger partial charge in [0.25, 0.3) is 6.54 Å². The molecule has 86 valence electrons. The van der Waals surface area contributed by atoms with Gasteiger partial charge in [-0.15, -0.1) is 0 Å². The maximum atomic E-state index is 11.2. The molecule has 0 aliphatic carbocycles. The van der Waals surface area contributed by atoms with Crippen LogP contribution in [0.1, 0.15) is 11.1 Å². The quantitative estimate of drug-likeness (QED) is 0.750. The summed E-state index contributed by atoms with van der Waals surface area (Å²) >= 11 is 0. The molecule has 3 rings (SSSR count). The third-order valence-corrected chi connectivity index (χ3v) is 2.90. The number of hydrogen-bond acceptors (Lipinski definition) is 3. The number of rotatable bonds is 1. The number of aromatic nitrogens is 2. The van der Waals surface area contributed by atoms with Gasteiger partial charge in [0.2, 0.25) is 10.7 Å². The number of benzene rings is 1. The Kier molecular flexibility index (Phi) is 2.18. The maximum Gasteiger partial charge on any atom is 0.253 e. The van der Waals surface area contributed by atoms with Crippen LogP contribution < -0.4 is 4.84 Å². The van der Waals surface area contributed by atoms with Gasteiger partial charge >= 0.3 is 0 Å². The van der Waals surface area contributed by atoms with Crippen molar-refractivity contribution in [2.75, 3.05) is 6.54 Å². The number of nitrogens with zero attached hydrogens (tertiary/aromatic N) is 3. The third kappa shape index (κ3) is 1.69. The Morgan fingerprint density at radius 3 is 3.12 bits per heavy atom. The molecule has 0 fully saturated rings. The zero-order valence-corrected chi connectivity index (χ0v) is 9.46. The Bertz CT molecular complexity index is 576. The first-order valence-corrected chi connectivity index (χ1v) is 5.48. The van der Waals surface area contributed by atoms with Crippen LogP contribution in [0.15, 0.2) is 30.9 Å². The van der Waals surface area contributed by atoms with Gasteiger partial charge in [-0.05, 0) is 19.1 Å². The Morgan fingerprint density at radius 2 is 2.35 bits per heavy atom. The van der Waals surface area contributed by atoms with Crippen molar-refractivity contribution in [1.29, 1.82) is 0 Å². The van der Waals surface area contributed by atoms with Gasteiger partial charge in [0, 0.05) is 35.6 Å². The molecule has 5 heteroatoms. The van der Waals surface area contributed by atoms with Crippen molar-refractivity contribution in [3.8, 4) is 11.4 Å². The van der Waals surface area contributed by atoms with Gasteiger partial charge in [0.1, 0.15) is 0 Å². The van der Waals surface area contributed by atoms with E-state index in [2.05, 4.69) is 4.98 Å². The van der Waals surface area contributed by atoms with Crippen LogP contribution in [-0.2, 0) is 6.42 Å². The third-order valence-electron chi connectivity index (χ3n) is 2.90. The molecule has 5 nitrogen and oxygen atoms in total. The lowest BCUT2D eigenvalue weighted by Crippen LogP contribution is -2.23. The van der Waals surface area contributed by atoms with Crippen molar-refractivity contribution in [3.63, 3.8) is 0 Å². The zero-order chi connectivity index (χ0) is 11.8. The van der Waals surface area contributed by atoms with Crippen molar-refractivity contribution < 1.29 is 9.76 Å². The second-order valence-electron chi connectivity index (χ2n) is 4.12. The molecule has 0 spiro atoms. The normalized spacial score (nSPS) is 14.3. The van der Waals surface area contributed by atoms with E-state index in [1.165, 1.54) is 0 Å². The Hall–Kier alpha value is -2.17. The average Bonchev–Trinajstić information content (AvgIpc) is 2.83. The highest BCUT2D eigenvalue weighted by atomic mass is 16.8. The Labute approximate surface area is 98.2 Å². The number of imidazole rings is 1. The molecule has 0 amide bonds. The second kappa shape index (κ2) is 3.69. The van der Waals surface area contributed by atoms with Crippen LogP contribution in [0.25, 0.3) is 5.69 Å². The minimum absolute atomic E-state index is 0.375. The summed E-state index contributed by atoms with van der Waals surface area (Å²) < 4.78 is 1.94. The summed E-state index contributed by atoms with van der Waals surface area (Å²) in [5.41, 5.74) is 3.08. The SMILES string of the molecule is Cc1cc(-n2ccnc2)cc2c1O[N+](=O)CC2. The van der Waals surface area contributed by atoms with Gasteiger partial charge in [-0.3, -0.25) is 0 Å². The van der Waals surface area contributed by atoms with E-state index in [0.717, 1.165) is 16.8 Å². The van der Waals surface area contributed by atoms with Gasteiger partial charge in [-0.1, -0.05) is 0 Å². The van der Waals surface area contributed by atoms with Crippen molar-refractivity contribution >= 4 is 0 Å². The number of fused-ring (bicyclic) bond motifs is 1. The molecule has 0 saturated heterocycles. The molecule has 0 saturated carbocycles. The van der Waals surface area contributed by atoms with Gasteiger partial charge in [-0.2, -0.15) is 4.84 Å². The van der Waals surface area contributed by atoms with Gasteiger partial charge in [0.05, 0.1) is 11.2 Å². The summed E-state index contributed by atoms with van der Waals surface area (Å²) in [6.45, 7) is 2.32. The smallest absolute Gasteiger partial charge is 0.253 e. The van der Waals surface area contributed by atoms with Crippen molar-refractivity contribution in [2.45, 2.75) is 13.3 Å². The fraction of sp³-hybridized carbons (Fsp3) is 0.250. The first-order valence-electron chi connectivity index (χ1n) is 5.48. The standard InChI is InChI=1S/C12H12N3O2/c1-9-6-11(14-5-3-13-8-14)7-10-2-4-15(16)17-12(9)10/h3,5-8H,2,4H2,1H3/q+1. The molecule has 1 aromatic heterocycles. The van der Waals surface area contributed by atoms with E-state index in [1.807, 2.05) is 29.8 Å². The monoisotopic (exact) mass is 230 g/mol. The lowest BCUT2D eigenvalue weighted by Gasteiger charge is -2.13. The summed E-state index contributed by atoms with van der Waals surface area (Å²) in [6.07, 6.45) is 6.10. The molecular formula is C12H12N3O2+. The van der Waals surface area contributed by atoms with E-state index in [0.29, 0.717) is 23.6 Å². The van der Waals surface area contributed by atoms with E-state index in [1.54, 1.807) is 12.5 Å². The van der Waals surface area contributed by atoms with Crippen LogP contribution in [0.3, 0.4) is 0 Å². The highest BCUT2D eigenvalue weighted by molar-refractivity contribution is 5.50. The van der Waals surface area contributed by atoms with Crippen LogP contribution in [0.2, 0.25) is 0 Å². The van der Waals surface area contributed by atoms with E-state index in [9.17, 15) is 4.91 Å². The Morgan fingerprint density at radius 1 is 1.47 bits per heavy atom. The Balaban J connectivity index is 2.11. The zero-order valence-electron chi connectivity index (χ0n) is 9.46. The molecule has 1 aliphatic heterocycles. The molecule has 2 heterocycles. The first-order chi connectivity index (χ1) is 8.24. The van der Waals surface area contributed by atoms with E-state index >= 15 is 0 Å². The highest BCUT2D eigenvalue weighted by Crippen LogP contribution is 2.30. The van der Waals surface area contributed by atoms with Crippen molar-refractivity contribution in [3.05, 3.63) is 46.9 Å². The summed E-state index contributed by atoms with van der Waals surface area (Å²) in [5, 5.41) is 0. The van der Waals surface area contributed by atoms with Crippen LogP contribution in [0.5, 0.6) is 5.75 Å². The first kappa shape index (κ1) is 10.0. The maximum absolute atomic E-state index is 11.2. The largest absolute Gasteiger partial charge is 0.306 e. The second-order valence-corrected chi connectivity index (χ2v) is 4.12. The summed E-state index contributed by atoms with van der Waals surface area (Å²) in [4.78, 5) is 21.0. The van der Waals surface area contributed by atoms with Crippen molar-refractivity contribution in [1.82, 2.24) is 9.55 Å². The fourth-order valence-electron chi connectivity index (χ4n) is 2.06. The number of hydrogen-bond donors (Lipinski definition) is 0. The summed E-state index contributed by atoms with van der Waals surface area (Å²) in [7, 11) is 0. The molecule has 17 heavy (non-hydrogen) atoms. The summed E-state index contributed by atoms with van der Waals surface area (Å²) in [6, 6.07) is 4.02. The highest BCUT2D eigenvalue weighted by Gasteiger charge is 2.25. The van der Waals surface area contributed by atoms with Crippen LogP contribution in [0.4, 0.5) is 0 Å². The molecule has 1 aromatic carbocycles. The van der Waals surface area contributed by atoms with Gasteiger partial charge < -0.3 is 4.57 Å². The predicted octanol–water partition coefficient (Wildman–Crippen LogP) is 1.81. The van der Waals surface area contributed by atoms with Crippen LogP contribution in [0, 0.1) is 11.8 Å². The van der Waals surface area contributed by atoms with Gasteiger partial charge in [-0.25, -0.2) is 4.98 Å². The molecular weight excluding hydrogens is 218 g/mol. The van der Waals surface area contributed by atoms with Gasteiger partial charge in [0.15, 0.2) is 0 Å². The van der Waals surface area contributed by atoms with E-state index in [-0.39, 0.29) is 0 Å². The molecule has 0 radical (unpaired) electrons. The van der Waals surface area contributed by atoms with Crippen LogP contribution >= 0.6 is 0 Å². The minimum Gasteiger partial charge on any atom is -0.306 e. The fourth-order valence-corrected chi connectivity index (χ4v) is 2.06. The minimum atomic E-state index is 0.375. The average molecular weight is 230 g/mol. The molecule has 0 unspecified atom stereocenters. The summed E-state index contributed by atoms with van der Waals surface area (Å²) in [5.74, 6) is 0.690. The number of aryl methyl sites for hydroxylation is 1.